The highest BCUT2D eigenvalue weighted by molar-refractivity contribution is 7.95. The second-order valence-corrected chi connectivity index (χ2v) is 14.5. The van der Waals surface area contributed by atoms with Gasteiger partial charge in [-0.1, -0.05) is 67.9 Å². The van der Waals surface area contributed by atoms with Crippen LogP contribution >= 0.6 is 7.28 Å². The van der Waals surface area contributed by atoms with E-state index in [9.17, 15) is 13.7 Å². The predicted octanol–water partition coefficient (Wildman–Crippen LogP) is 7.35. The fraction of sp³-hybridized carbons (Fsp3) is 0.156. The van der Waals surface area contributed by atoms with Crippen LogP contribution in [-0.4, -0.2) is 15.5 Å². The maximum absolute atomic E-state index is 14.0. The van der Waals surface area contributed by atoms with Gasteiger partial charge in [0.05, 0.1) is 16.5 Å². The van der Waals surface area contributed by atoms with Gasteiger partial charge in [-0.2, -0.15) is 13.7 Å². The van der Waals surface area contributed by atoms with Crippen molar-refractivity contribution < 1.29 is 12.9 Å². The van der Waals surface area contributed by atoms with Gasteiger partial charge in [-0.25, -0.2) is 0 Å². The molecular weight excluding hydrogens is 537 g/mol. The van der Waals surface area contributed by atoms with Crippen molar-refractivity contribution in [2.45, 2.75) is 31.1 Å². The molecule has 0 radical (unpaired) electrons. The average Bonchev–Trinajstić information content (AvgIpc) is 3.14. The van der Waals surface area contributed by atoms with Crippen LogP contribution in [0.25, 0.3) is 0 Å². The van der Waals surface area contributed by atoms with E-state index in [4.69, 9.17) is 4.52 Å². The Kier molecular flexibility index (Phi) is 7.18. The quantitative estimate of drug-likeness (QED) is 0.228. The first-order valence-electron chi connectivity index (χ1n) is 12.8. The van der Waals surface area contributed by atoms with Gasteiger partial charge in [0.25, 0.3) is 10.0 Å². The van der Waals surface area contributed by atoms with Crippen molar-refractivity contribution in [2.75, 3.05) is 11.9 Å². The maximum atomic E-state index is 14.0. The summed E-state index contributed by atoms with van der Waals surface area (Å²) in [6, 6.07) is 32.9. The summed E-state index contributed by atoms with van der Waals surface area (Å²) in [5.74, 6) is 2.35. The Labute approximate surface area is 236 Å². The minimum absolute atomic E-state index is 0.0996. The van der Waals surface area contributed by atoms with Gasteiger partial charge < -0.3 is 9.42 Å². The number of aryl methyl sites for hydroxylation is 1. The molecule has 0 amide bonds. The summed E-state index contributed by atoms with van der Waals surface area (Å²) in [5, 5.41) is 9.96. The van der Waals surface area contributed by atoms with Gasteiger partial charge in [-0.05, 0) is 67.1 Å². The number of sulfonamides is 1. The summed E-state index contributed by atoms with van der Waals surface area (Å²) in [7, 11) is -5.60. The zero-order valence-electron chi connectivity index (χ0n) is 22.8. The monoisotopic (exact) mass is 567 g/mol. The van der Waals surface area contributed by atoms with E-state index < -0.39 is 22.7 Å². The molecule has 0 saturated heterocycles. The molecule has 4 aromatic rings. The molecule has 40 heavy (non-hydrogen) atoms. The van der Waals surface area contributed by atoms with Crippen molar-refractivity contribution >= 4 is 28.3 Å². The Morgan fingerprint density at radius 3 is 2.15 bits per heavy atom. The van der Waals surface area contributed by atoms with Crippen molar-refractivity contribution in [1.29, 1.82) is 5.26 Å². The summed E-state index contributed by atoms with van der Waals surface area (Å²) in [5.41, 5.74) is 4.06. The third-order valence-corrected chi connectivity index (χ3v) is 12.0. The lowest BCUT2D eigenvalue weighted by Crippen LogP contribution is -2.24. The van der Waals surface area contributed by atoms with E-state index in [1.807, 2.05) is 62.3 Å². The van der Waals surface area contributed by atoms with Crippen LogP contribution in [0.4, 0.5) is 5.69 Å². The number of rotatable bonds is 6. The van der Waals surface area contributed by atoms with E-state index in [0.717, 1.165) is 22.5 Å². The summed E-state index contributed by atoms with van der Waals surface area (Å²) in [4.78, 5) is 2.19. The van der Waals surface area contributed by atoms with Gasteiger partial charge in [0.15, 0.2) is 0 Å². The Hall–Kier alpha value is -4.11. The summed E-state index contributed by atoms with van der Waals surface area (Å²) in [6.07, 6.45) is 0. The van der Waals surface area contributed by atoms with Crippen molar-refractivity contribution in [3.8, 4) is 11.8 Å². The Balaban J connectivity index is 1.83. The molecule has 1 heterocycles. The molecule has 5 rings (SSSR count). The normalized spacial score (nSPS) is 16.6. The summed E-state index contributed by atoms with van der Waals surface area (Å²) < 4.78 is 39.3. The van der Waals surface area contributed by atoms with Gasteiger partial charge in [-0.15, -0.1) is 4.15 Å². The van der Waals surface area contributed by atoms with Gasteiger partial charge in [0, 0.05) is 35.0 Å². The largest absolute Gasteiger partial charge is 0.451 e. The highest BCUT2D eigenvalue weighted by Crippen LogP contribution is 2.58. The first-order valence-corrected chi connectivity index (χ1v) is 16.0. The summed E-state index contributed by atoms with van der Waals surface area (Å²) >= 11 is 0. The molecule has 1 aliphatic heterocycles. The SMILES string of the molecule is Cc1ccc(S(=O)(=O)N=P(/C=C2/N(C)c3ccccc3C2(C)C)(Oc2ccc(C#N)cc2)c2ccccc2)cc1. The number of nitrogens with zero attached hydrogens (tertiary/aromatic N) is 3. The lowest BCUT2D eigenvalue weighted by molar-refractivity contribution is 0.593. The molecule has 1 aliphatic rings. The van der Waals surface area contributed by atoms with Crippen LogP contribution in [0.15, 0.2) is 124 Å². The number of fused-ring (bicyclic) bond motifs is 1. The van der Waals surface area contributed by atoms with Gasteiger partial charge in [0.2, 0.25) is 7.28 Å². The predicted molar refractivity (Wildman–Crippen MR) is 162 cm³/mol. The van der Waals surface area contributed by atoms with Crippen molar-refractivity contribution in [3.05, 3.63) is 131 Å². The van der Waals surface area contributed by atoms with Crippen LogP contribution in [0.2, 0.25) is 0 Å². The molecule has 4 aromatic carbocycles. The van der Waals surface area contributed by atoms with Gasteiger partial charge in [0.1, 0.15) is 5.75 Å². The Morgan fingerprint density at radius 2 is 1.52 bits per heavy atom. The van der Waals surface area contributed by atoms with Gasteiger partial charge in [-0.3, -0.25) is 0 Å². The highest BCUT2D eigenvalue weighted by atomic mass is 32.2. The standard InChI is InChI=1S/C32H30N3O3PS/c1-24-14-20-28(21-15-24)40(36,37)34-39(27-10-6-5-7-11-27,38-26-18-16-25(22-33)17-19-26)23-31-32(2,3)29-12-8-9-13-30(29)35(31)4/h5-21,23H,1-4H3/b31-23+. The van der Waals surface area contributed by atoms with E-state index in [1.54, 1.807) is 48.5 Å². The van der Waals surface area contributed by atoms with Crippen LogP contribution in [-0.2, 0) is 15.4 Å². The molecule has 202 valence electrons. The molecule has 1 atom stereocenters. The number of nitriles is 1. The number of allylic oxidation sites excluding steroid dienone is 1. The van der Waals surface area contributed by atoms with E-state index in [2.05, 4.69) is 41.1 Å². The second kappa shape index (κ2) is 10.5. The number of hydrogen-bond acceptors (Lipinski definition) is 5. The molecule has 1 unspecified atom stereocenters. The zero-order valence-corrected chi connectivity index (χ0v) is 24.5. The lowest BCUT2D eigenvalue weighted by Gasteiger charge is -2.29. The minimum atomic E-state index is -4.15. The van der Waals surface area contributed by atoms with Crippen LogP contribution in [0.3, 0.4) is 0 Å². The first kappa shape index (κ1) is 27.5. The lowest BCUT2D eigenvalue weighted by atomic mass is 9.84. The number of para-hydroxylation sites is 1. The first-order chi connectivity index (χ1) is 19.1. The maximum Gasteiger partial charge on any atom is 0.284 e. The minimum Gasteiger partial charge on any atom is -0.451 e. The highest BCUT2D eigenvalue weighted by Gasteiger charge is 2.41. The van der Waals surface area contributed by atoms with Crippen molar-refractivity contribution in [1.82, 2.24) is 0 Å². The molecule has 8 heteroatoms. The van der Waals surface area contributed by atoms with E-state index in [0.29, 0.717) is 16.6 Å². The molecule has 6 nitrogen and oxygen atoms in total. The Morgan fingerprint density at radius 1 is 0.900 bits per heavy atom. The van der Waals surface area contributed by atoms with Crippen LogP contribution in [0.5, 0.6) is 5.75 Å². The number of anilines is 1. The van der Waals surface area contributed by atoms with Gasteiger partial charge >= 0.3 is 0 Å². The topological polar surface area (TPSA) is 82.8 Å². The number of hydrogen-bond donors (Lipinski definition) is 0. The molecule has 0 saturated carbocycles. The molecular formula is C32H30N3O3PS. The number of benzene rings is 4. The Bertz CT molecular complexity index is 1790. The fourth-order valence-corrected chi connectivity index (χ4v) is 9.96. The van der Waals surface area contributed by atoms with Crippen LogP contribution < -0.4 is 14.7 Å². The van der Waals surface area contributed by atoms with Crippen LogP contribution in [0.1, 0.15) is 30.5 Å². The summed E-state index contributed by atoms with van der Waals surface area (Å²) in [6.45, 7) is 6.15. The van der Waals surface area contributed by atoms with E-state index in [1.165, 1.54) is 0 Å². The van der Waals surface area contributed by atoms with E-state index >= 15 is 0 Å². The molecule has 0 bridgehead atoms. The molecule has 0 spiro atoms. The third kappa shape index (κ3) is 5.09. The molecule has 0 aromatic heterocycles. The average molecular weight is 568 g/mol. The zero-order chi connectivity index (χ0) is 28.5. The third-order valence-electron chi connectivity index (χ3n) is 7.14. The molecule has 0 aliphatic carbocycles. The van der Waals surface area contributed by atoms with Crippen LogP contribution in [0, 0.1) is 18.3 Å². The molecule has 0 fully saturated rings. The van der Waals surface area contributed by atoms with E-state index in [-0.39, 0.29) is 4.90 Å². The molecule has 0 N–H and O–H groups in total. The van der Waals surface area contributed by atoms with Crippen molar-refractivity contribution in [3.63, 3.8) is 0 Å². The smallest absolute Gasteiger partial charge is 0.284 e. The fourth-order valence-electron chi connectivity index (χ4n) is 4.95. The second-order valence-electron chi connectivity index (χ2n) is 10.3. The van der Waals surface area contributed by atoms with Crippen molar-refractivity contribution in [2.24, 2.45) is 4.15 Å². The number of likely N-dealkylation sites (N-methyl/N-ethyl adjacent to an activating group) is 1.